The number of sulfonamides is 1. The Balaban J connectivity index is 1.49. The third kappa shape index (κ3) is 4.89. The van der Waals surface area contributed by atoms with Crippen molar-refractivity contribution in [3.8, 4) is 0 Å². The summed E-state index contributed by atoms with van der Waals surface area (Å²) in [6.07, 6.45) is 9.36. The van der Waals surface area contributed by atoms with Crippen LogP contribution in [0.2, 0.25) is 0 Å². The Morgan fingerprint density at radius 1 is 1.07 bits per heavy atom. The fraction of sp³-hybridized carbons (Fsp3) is 0.571. The highest BCUT2D eigenvalue weighted by atomic mass is 32.2. The topological polar surface area (TPSA) is 97.2 Å². The average Bonchev–Trinajstić information content (AvgIpc) is 3.30. The molecule has 9 heteroatoms. The van der Waals surface area contributed by atoms with Gasteiger partial charge in [-0.25, -0.2) is 8.42 Å². The van der Waals surface area contributed by atoms with Crippen molar-refractivity contribution in [3.05, 3.63) is 42.7 Å². The molecule has 2 heterocycles. The number of hydrogen-bond donors (Lipinski definition) is 1. The van der Waals surface area contributed by atoms with Crippen LogP contribution in [0.1, 0.15) is 38.5 Å². The van der Waals surface area contributed by atoms with E-state index in [0.29, 0.717) is 31.3 Å². The largest absolute Gasteiger partial charge is 0.341 e. The van der Waals surface area contributed by atoms with E-state index in [4.69, 9.17) is 0 Å². The van der Waals surface area contributed by atoms with Crippen molar-refractivity contribution in [2.24, 2.45) is 11.8 Å². The first-order valence-electron chi connectivity index (χ1n) is 10.7. The molecule has 8 nitrogen and oxygen atoms in total. The fourth-order valence-electron chi connectivity index (χ4n) is 4.71. The normalized spacial score (nSPS) is 23.0. The minimum absolute atomic E-state index is 0.148. The molecule has 1 aliphatic carbocycles. The van der Waals surface area contributed by atoms with Gasteiger partial charge in [0.15, 0.2) is 0 Å². The highest BCUT2D eigenvalue weighted by Crippen LogP contribution is 2.36. The summed E-state index contributed by atoms with van der Waals surface area (Å²) in [6, 6.07) is 7.33. The molecule has 1 saturated heterocycles. The number of carbonyl (C=O) groups is 1. The molecule has 0 bridgehead atoms. The summed E-state index contributed by atoms with van der Waals surface area (Å²) in [7, 11) is -3.81. The van der Waals surface area contributed by atoms with Crippen molar-refractivity contribution in [1.29, 1.82) is 0 Å². The maximum Gasteiger partial charge on any atom is 0.241 e. The predicted molar refractivity (Wildman–Crippen MR) is 112 cm³/mol. The van der Waals surface area contributed by atoms with Gasteiger partial charge in [0.05, 0.1) is 23.8 Å². The molecule has 1 saturated carbocycles. The highest BCUT2D eigenvalue weighted by molar-refractivity contribution is 7.89. The second kappa shape index (κ2) is 9.26. The van der Waals surface area contributed by atoms with Crippen LogP contribution in [0, 0.1) is 11.8 Å². The van der Waals surface area contributed by atoms with Gasteiger partial charge in [0.2, 0.25) is 15.9 Å². The van der Waals surface area contributed by atoms with E-state index in [1.165, 1.54) is 36.2 Å². The summed E-state index contributed by atoms with van der Waals surface area (Å²) in [5.74, 6) is 1.09. The van der Waals surface area contributed by atoms with Crippen LogP contribution in [-0.4, -0.2) is 53.4 Å². The quantitative estimate of drug-likeness (QED) is 0.724. The molecular weight excluding hydrogens is 402 g/mol. The van der Waals surface area contributed by atoms with Gasteiger partial charge in [-0.05, 0) is 43.2 Å². The number of piperidine rings is 1. The van der Waals surface area contributed by atoms with E-state index in [-0.39, 0.29) is 10.8 Å². The number of nitrogens with zero attached hydrogens (tertiary/aromatic N) is 4. The number of hydrogen-bond acceptors (Lipinski definition) is 5. The zero-order valence-electron chi connectivity index (χ0n) is 17.1. The monoisotopic (exact) mass is 431 g/mol. The molecular formula is C21H29N5O3S. The van der Waals surface area contributed by atoms with E-state index in [9.17, 15) is 13.2 Å². The molecule has 2 aliphatic rings. The van der Waals surface area contributed by atoms with E-state index < -0.39 is 16.1 Å². The van der Waals surface area contributed by atoms with Crippen LogP contribution in [0.3, 0.4) is 0 Å². The number of rotatable bonds is 7. The average molecular weight is 432 g/mol. The lowest BCUT2D eigenvalue weighted by Gasteiger charge is -2.42. The van der Waals surface area contributed by atoms with Crippen LogP contribution in [0.15, 0.2) is 47.6 Å². The van der Waals surface area contributed by atoms with Gasteiger partial charge in [0.25, 0.3) is 0 Å². The van der Waals surface area contributed by atoms with Crippen molar-refractivity contribution in [3.63, 3.8) is 0 Å². The van der Waals surface area contributed by atoms with E-state index in [1.54, 1.807) is 30.6 Å². The lowest BCUT2D eigenvalue weighted by molar-refractivity contribution is -0.136. The first-order chi connectivity index (χ1) is 14.5. The molecule has 1 amide bonds. The summed E-state index contributed by atoms with van der Waals surface area (Å²) in [4.78, 5) is 16.9. The molecule has 30 heavy (non-hydrogen) atoms. The molecule has 1 aliphatic heterocycles. The van der Waals surface area contributed by atoms with Crippen LogP contribution >= 0.6 is 0 Å². The molecule has 1 unspecified atom stereocenters. The van der Waals surface area contributed by atoms with Gasteiger partial charge in [-0.1, -0.05) is 37.5 Å². The highest BCUT2D eigenvalue weighted by Gasteiger charge is 2.36. The SMILES string of the molecule is O=C(C(CCn1nccn1)NS(=O)(=O)c1ccccc1)N1CC[C@@H]2CCCC[C@@H]2C1. The Kier molecular flexibility index (Phi) is 6.48. The zero-order valence-corrected chi connectivity index (χ0v) is 17.9. The van der Waals surface area contributed by atoms with Crippen LogP contribution in [0.25, 0.3) is 0 Å². The summed E-state index contributed by atoms with van der Waals surface area (Å²) < 4.78 is 28.5. The summed E-state index contributed by atoms with van der Waals surface area (Å²) in [6.45, 7) is 1.79. The third-order valence-electron chi connectivity index (χ3n) is 6.34. The van der Waals surface area contributed by atoms with Crippen LogP contribution in [-0.2, 0) is 21.4 Å². The Morgan fingerprint density at radius 2 is 1.77 bits per heavy atom. The van der Waals surface area contributed by atoms with Crippen molar-refractivity contribution in [2.45, 2.75) is 56.0 Å². The number of amides is 1. The molecule has 0 radical (unpaired) electrons. The van der Waals surface area contributed by atoms with E-state index >= 15 is 0 Å². The fourth-order valence-corrected chi connectivity index (χ4v) is 5.96. The first-order valence-corrected chi connectivity index (χ1v) is 12.2. The van der Waals surface area contributed by atoms with Gasteiger partial charge in [0, 0.05) is 13.1 Å². The van der Waals surface area contributed by atoms with E-state index in [0.717, 1.165) is 19.4 Å². The molecule has 2 aromatic rings. The van der Waals surface area contributed by atoms with E-state index in [2.05, 4.69) is 14.9 Å². The molecule has 2 fully saturated rings. The van der Waals surface area contributed by atoms with E-state index in [1.807, 2.05) is 4.90 Å². The summed E-state index contributed by atoms with van der Waals surface area (Å²) >= 11 is 0. The maximum absolute atomic E-state index is 13.4. The predicted octanol–water partition coefficient (Wildman–Crippen LogP) is 2.05. The van der Waals surface area contributed by atoms with Crippen molar-refractivity contribution in [2.75, 3.05) is 13.1 Å². The van der Waals surface area contributed by atoms with Gasteiger partial charge in [-0.2, -0.15) is 19.7 Å². The Labute approximate surface area is 177 Å². The Morgan fingerprint density at radius 3 is 2.50 bits per heavy atom. The van der Waals surface area contributed by atoms with Gasteiger partial charge in [-0.15, -0.1) is 0 Å². The summed E-state index contributed by atoms with van der Waals surface area (Å²) in [5.41, 5.74) is 0. The molecule has 0 spiro atoms. The van der Waals surface area contributed by atoms with Crippen molar-refractivity contribution < 1.29 is 13.2 Å². The number of nitrogens with one attached hydrogen (secondary N) is 1. The summed E-state index contributed by atoms with van der Waals surface area (Å²) in [5, 5.41) is 8.14. The number of benzene rings is 1. The zero-order chi connectivity index (χ0) is 21.0. The number of aromatic nitrogens is 3. The van der Waals surface area contributed by atoms with Crippen LogP contribution < -0.4 is 4.72 Å². The van der Waals surface area contributed by atoms with Gasteiger partial charge in [0.1, 0.15) is 6.04 Å². The van der Waals surface area contributed by atoms with Gasteiger partial charge in [-0.3, -0.25) is 4.79 Å². The smallest absolute Gasteiger partial charge is 0.241 e. The number of carbonyl (C=O) groups excluding carboxylic acids is 1. The lowest BCUT2D eigenvalue weighted by Crippen LogP contribution is -2.53. The van der Waals surface area contributed by atoms with Crippen molar-refractivity contribution in [1.82, 2.24) is 24.6 Å². The van der Waals surface area contributed by atoms with Crippen LogP contribution in [0.4, 0.5) is 0 Å². The van der Waals surface area contributed by atoms with Gasteiger partial charge < -0.3 is 4.90 Å². The number of aryl methyl sites for hydroxylation is 1. The minimum Gasteiger partial charge on any atom is -0.341 e. The Hall–Kier alpha value is -2.26. The minimum atomic E-state index is -3.81. The molecule has 3 atom stereocenters. The van der Waals surface area contributed by atoms with Crippen LogP contribution in [0.5, 0.6) is 0 Å². The second-order valence-electron chi connectivity index (χ2n) is 8.28. The molecule has 1 aromatic carbocycles. The maximum atomic E-state index is 13.4. The molecule has 1 N–H and O–H groups in total. The standard InChI is InChI=1S/C21H29N5O3S/c27-21(25-14-10-17-6-4-5-7-18(17)16-25)20(11-15-26-22-12-13-23-26)24-30(28,29)19-8-2-1-3-9-19/h1-3,8-9,12-13,17-18,20,24H,4-7,10-11,14-16H2/t17-,18+,20?/m0/s1. The lowest BCUT2D eigenvalue weighted by atomic mass is 9.75. The Bertz CT molecular complexity index is 933. The molecule has 1 aromatic heterocycles. The van der Waals surface area contributed by atoms with Crippen molar-refractivity contribution >= 4 is 15.9 Å². The van der Waals surface area contributed by atoms with Gasteiger partial charge >= 0.3 is 0 Å². The third-order valence-corrected chi connectivity index (χ3v) is 7.82. The number of fused-ring (bicyclic) bond motifs is 1. The first kappa shape index (κ1) is 21.0. The second-order valence-corrected chi connectivity index (χ2v) is 9.99. The number of likely N-dealkylation sites (tertiary alicyclic amines) is 1. The molecule has 4 rings (SSSR count). The molecule has 162 valence electrons.